The van der Waals surface area contributed by atoms with Gasteiger partial charge in [0.15, 0.2) is 5.94 Å². The molecule has 0 aliphatic carbocycles. The molecule has 0 spiro atoms. The first-order chi connectivity index (χ1) is 9.26. The van der Waals surface area contributed by atoms with Gasteiger partial charge in [-0.3, -0.25) is 0 Å². The number of alkyl halides is 3. The number of nitrogens with zero attached hydrogens (tertiary/aromatic N) is 1. The highest BCUT2D eigenvalue weighted by Crippen LogP contribution is 2.23. The van der Waals surface area contributed by atoms with Crippen molar-refractivity contribution in [2.75, 3.05) is 19.1 Å². The number of benzene rings is 1. The van der Waals surface area contributed by atoms with Crippen molar-refractivity contribution in [1.29, 1.82) is 0 Å². The fourth-order valence-corrected chi connectivity index (χ4v) is 2.90. The van der Waals surface area contributed by atoms with E-state index in [2.05, 4.69) is 4.74 Å². The van der Waals surface area contributed by atoms with Gasteiger partial charge in [-0.1, -0.05) is 12.1 Å². The topological polar surface area (TPSA) is 55.8 Å². The van der Waals surface area contributed by atoms with Crippen molar-refractivity contribution in [3.63, 3.8) is 0 Å². The molecule has 1 heterocycles. The average molecular weight is 311 g/mol. The van der Waals surface area contributed by atoms with Crippen LogP contribution in [-0.4, -0.2) is 38.2 Å². The SMILES string of the molecule is O=S1(=O)COCCN1Cc1ccc(OC(F)(F)F)cc1. The van der Waals surface area contributed by atoms with Crippen molar-refractivity contribution in [3.8, 4) is 5.75 Å². The Kier molecular flexibility index (Phi) is 4.21. The second kappa shape index (κ2) is 5.58. The van der Waals surface area contributed by atoms with Gasteiger partial charge in [0.1, 0.15) is 5.75 Å². The maximum absolute atomic E-state index is 12.0. The van der Waals surface area contributed by atoms with Crippen molar-refractivity contribution in [2.45, 2.75) is 12.9 Å². The zero-order valence-electron chi connectivity index (χ0n) is 10.3. The first-order valence-electron chi connectivity index (χ1n) is 5.66. The Balaban J connectivity index is 2.04. The van der Waals surface area contributed by atoms with Gasteiger partial charge in [0.2, 0.25) is 10.0 Å². The summed E-state index contributed by atoms with van der Waals surface area (Å²) in [6.07, 6.45) is -4.74. The maximum atomic E-state index is 12.0. The van der Waals surface area contributed by atoms with Gasteiger partial charge in [-0.25, -0.2) is 8.42 Å². The molecule has 2 rings (SSSR count). The first kappa shape index (κ1) is 15.1. The van der Waals surface area contributed by atoms with Crippen LogP contribution in [0.2, 0.25) is 0 Å². The van der Waals surface area contributed by atoms with E-state index in [9.17, 15) is 21.6 Å². The molecular weight excluding hydrogens is 299 g/mol. The van der Waals surface area contributed by atoms with Gasteiger partial charge in [-0.2, -0.15) is 4.31 Å². The molecule has 5 nitrogen and oxygen atoms in total. The molecule has 112 valence electrons. The number of sulfonamides is 1. The van der Waals surface area contributed by atoms with Crippen molar-refractivity contribution in [2.24, 2.45) is 0 Å². The molecule has 0 bridgehead atoms. The van der Waals surface area contributed by atoms with Crippen LogP contribution in [0.25, 0.3) is 0 Å². The number of hydrogen-bond acceptors (Lipinski definition) is 4. The van der Waals surface area contributed by atoms with Crippen LogP contribution >= 0.6 is 0 Å². The third-order valence-corrected chi connectivity index (χ3v) is 4.19. The molecule has 0 saturated carbocycles. The molecule has 0 atom stereocenters. The van der Waals surface area contributed by atoms with E-state index in [4.69, 9.17) is 4.74 Å². The van der Waals surface area contributed by atoms with Gasteiger partial charge < -0.3 is 9.47 Å². The zero-order chi connectivity index (χ0) is 14.8. The van der Waals surface area contributed by atoms with Gasteiger partial charge in [-0.05, 0) is 17.7 Å². The summed E-state index contributed by atoms with van der Waals surface area (Å²) in [5.41, 5.74) is 0.574. The van der Waals surface area contributed by atoms with Crippen LogP contribution in [0.15, 0.2) is 24.3 Å². The Hall–Kier alpha value is -1.32. The van der Waals surface area contributed by atoms with E-state index in [-0.39, 0.29) is 24.8 Å². The minimum absolute atomic E-state index is 0.0952. The Morgan fingerprint density at radius 1 is 1.25 bits per heavy atom. The van der Waals surface area contributed by atoms with Crippen LogP contribution in [0, 0.1) is 0 Å². The molecule has 9 heteroatoms. The summed E-state index contributed by atoms with van der Waals surface area (Å²) in [6.45, 7) is 0.621. The predicted octanol–water partition coefficient (Wildman–Crippen LogP) is 1.70. The highest BCUT2D eigenvalue weighted by molar-refractivity contribution is 7.88. The van der Waals surface area contributed by atoms with Crippen molar-refractivity contribution in [1.82, 2.24) is 4.31 Å². The fourth-order valence-electron chi connectivity index (χ4n) is 1.72. The van der Waals surface area contributed by atoms with Gasteiger partial charge in [0.25, 0.3) is 0 Å². The molecule has 20 heavy (non-hydrogen) atoms. The van der Waals surface area contributed by atoms with E-state index < -0.39 is 16.4 Å². The molecule has 1 aromatic carbocycles. The van der Waals surface area contributed by atoms with Crippen LogP contribution in [-0.2, 0) is 21.3 Å². The fraction of sp³-hybridized carbons (Fsp3) is 0.455. The summed E-state index contributed by atoms with van der Waals surface area (Å²) in [5, 5.41) is 0. The lowest BCUT2D eigenvalue weighted by Crippen LogP contribution is -2.40. The summed E-state index contributed by atoms with van der Waals surface area (Å²) in [4.78, 5) is 0. The van der Waals surface area contributed by atoms with Crippen LogP contribution in [0.1, 0.15) is 5.56 Å². The van der Waals surface area contributed by atoms with Gasteiger partial charge in [-0.15, -0.1) is 13.2 Å². The monoisotopic (exact) mass is 311 g/mol. The Morgan fingerprint density at radius 3 is 2.45 bits per heavy atom. The number of hydrogen-bond donors (Lipinski definition) is 0. The minimum atomic E-state index is -4.74. The van der Waals surface area contributed by atoms with Crippen LogP contribution in [0.3, 0.4) is 0 Å². The largest absolute Gasteiger partial charge is 0.573 e. The number of halogens is 3. The lowest BCUT2D eigenvalue weighted by atomic mass is 10.2. The molecule has 1 fully saturated rings. The Morgan fingerprint density at radius 2 is 1.90 bits per heavy atom. The van der Waals surface area contributed by atoms with E-state index in [0.29, 0.717) is 12.2 Å². The van der Waals surface area contributed by atoms with E-state index in [1.807, 2.05) is 0 Å². The summed E-state index contributed by atoms with van der Waals surface area (Å²) in [6, 6.07) is 5.09. The van der Waals surface area contributed by atoms with Gasteiger partial charge >= 0.3 is 6.36 Å². The van der Waals surface area contributed by atoms with Gasteiger partial charge in [0, 0.05) is 13.1 Å². The molecule has 0 aromatic heterocycles. The number of ether oxygens (including phenoxy) is 2. The number of rotatable bonds is 3. The van der Waals surface area contributed by atoms with Crippen molar-refractivity contribution >= 4 is 10.0 Å². The molecular formula is C11H12F3NO4S. The molecule has 1 saturated heterocycles. The van der Waals surface area contributed by atoms with Gasteiger partial charge in [0.05, 0.1) is 6.61 Å². The van der Waals surface area contributed by atoms with Crippen LogP contribution < -0.4 is 4.74 Å². The second-order valence-electron chi connectivity index (χ2n) is 4.16. The van der Waals surface area contributed by atoms with Crippen molar-refractivity contribution < 1.29 is 31.1 Å². The molecule has 0 N–H and O–H groups in total. The van der Waals surface area contributed by atoms with E-state index in [1.165, 1.54) is 16.4 Å². The quantitative estimate of drug-likeness (QED) is 0.853. The molecule has 1 aliphatic heterocycles. The van der Waals surface area contributed by atoms with Crippen LogP contribution in [0.5, 0.6) is 5.75 Å². The predicted molar refractivity (Wildman–Crippen MR) is 63.3 cm³/mol. The highest BCUT2D eigenvalue weighted by atomic mass is 32.2. The second-order valence-corrected chi connectivity index (χ2v) is 6.08. The standard InChI is InChI=1S/C11H12F3NO4S/c12-11(13,14)19-10-3-1-9(2-4-10)7-15-5-6-18-8-20(15,16)17/h1-4H,5-8H2. The highest BCUT2D eigenvalue weighted by Gasteiger charge is 2.31. The Labute approximate surface area is 113 Å². The minimum Gasteiger partial charge on any atom is -0.406 e. The third-order valence-electron chi connectivity index (χ3n) is 2.63. The molecule has 0 amide bonds. The van der Waals surface area contributed by atoms with E-state index in [0.717, 1.165) is 12.1 Å². The normalized spacial score (nSPS) is 19.8. The van der Waals surface area contributed by atoms with Crippen LogP contribution in [0.4, 0.5) is 13.2 Å². The Bertz CT molecular complexity index is 556. The lowest BCUT2D eigenvalue weighted by Gasteiger charge is -2.26. The zero-order valence-corrected chi connectivity index (χ0v) is 11.1. The molecule has 0 unspecified atom stereocenters. The molecule has 1 aromatic rings. The maximum Gasteiger partial charge on any atom is 0.573 e. The summed E-state index contributed by atoms with van der Waals surface area (Å²) in [5.74, 6) is -0.714. The summed E-state index contributed by atoms with van der Waals surface area (Å²) >= 11 is 0. The smallest absolute Gasteiger partial charge is 0.406 e. The first-order valence-corrected chi connectivity index (χ1v) is 7.27. The average Bonchev–Trinajstić information content (AvgIpc) is 2.32. The van der Waals surface area contributed by atoms with E-state index in [1.54, 1.807) is 0 Å². The molecule has 0 radical (unpaired) electrons. The molecule has 1 aliphatic rings. The van der Waals surface area contributed by atoms with Crippen molar-refractivity contribution in [3.05, 3.63) is 29.8 Å². The lowest BCUT2D eigenvalue weighted by molar-refractivity contribution is -0.274. The summed E-state index contributed by atoms with van der Waals surface area (Å²) in [7, 11) is -3.46. The summed E-state index contributed by atoms with van der Waals surface area (Å²) < 4.78 is 69.1. The third kappa shape index (κ3) is 4.09. The van der Waals surface area contributed by atoms with E-state index >= 15 is 0 Å².